The molecule has 0 spiro atoms. The second-order valence-corrected chi connectivity index (χ2v) is 4.00. The van der Waals surface area contributed by atoms with Gasteiger partial charge in [0.05, 0.1) is 6.61 Å². The van der Waals surface area contributed by atoms with E-state index in [-0.39, 0.29) is 30.6 Å². The molecule has 0 saturated carbocycles. The number of hydrogen-bond donors (Lipinski definition) is 1. The summed E-state index contributed by atoms with van der Waals surface area (Å²) in [5.74, 6) is -0.144. The summed E-state index contributed by atoms with van der Waals surface area (Å²) in [5, 5.41) is 2.56. The van der Waals surface area contributed by atoms with Gasteiger partial charge in [0.2, 0.25) is 11.9 Å². The second-order valence-electron chi connectivity index (χ2n) is 4.00. The Morgan fingerprint density at radius 2 is 1.95 bits per heavy atom. The number of hydrogen-bond acceptors (Lipinski definition) is 4. The maximum absolute atomic E-state index is 13.2. The highest BCUT2D eigenvalue weighted by Gasteiger charge is 2.05. The Balaban J connectivity index is 1.69. The van der Waals surface area contributed by atoms with Crippen molar-refractivity contribution in [2.45, 2.75) is 12.8 Å². The summed E-state index contributed by atoms with van der Waals surface area (Å²) in [6.07, 6.45) is 3.83. The van der Waals surface area contributed by atoms with Crippen molar-refractivity contribution < 1.29 is 13.9 Å². The van der Waals surface area contributed by atoms with E-state index in [0.29, 0.717) is 6.42 Å². The highest BCUT2D eigenvalue weighted by Crippen LogP contribution is 2.15. The molecule has 1 aromatic carbocycles. The third-order valence-corrected chi connectivity index (χ3v) is 2.46. The Morgan fingerprint density at radius 3 is 2.70 bits per heavy atom. The number of rotatable bonds is 6. The van der Waals surface area contributed by atoms with Gasteiger partial charge in [-0.25, -0.2) is 14.4 Å². The summed E-state index contributed by atoms with van der Waals surface area (Å²) in [7, 11) is 0. The Bertz CT molecular complexity index is 563. The Kier molecular flexibility index (Phi) is 5.00. The summed E-state index contributed by atoms with van der Waals surface area (Å²) >= 11 is 0. The lowest BCUT2D eigenvalue weighted by atomic mass is 10.3. The summed E-state index contributed by atoms with van der Waals surface area (Å²) < 4.78 is 18.5. The van der Waals surface area contributed by atoms with Gasteiger partial charge in [0, 0.05) is 18.8 Å². The van der Waals surface area contributed by atoms with Crippen LogP contribution in [0.1, 0.15) is 12.8 Å². The van der Waals surface area contributed by atoms with E-state index in [9.17, 15) is 9.18 Å². The minimum Gasteiger partial charge on any atom is -0.491 e. The first-order valence-electron chi connectivity index (χ1n) is 6.20. The summed E-state index contributed by atoms with van der Waals surface area (Å²) in [5.41, 5.74) is 0. The number of carbonyl (C=O) groups excluding carboxylic acids is 1. The van der Waals surface area contributed by atoms with Gasteiger partial charge in [0.25, 0.3) is 0 Å². The molecule has 0 fully saturated rings. The van der Waals surface area contributed by atoms with E-state index in [2.05, 4.69) is 15.3 Å². The molecule has 2 aromatic rings. The molecule has 0 unspecified atom stereocenters. The van der Waals surface area contributed by atoms with Gasteiger partial charge in [0.1, 0.15) is 0 Å². The van der Waals surface area contributed by atoms with Crippen molar-refractivity contribution in [1.82, 2.24) is 9.97 Å². The predicted molar refractivity (Wildman–Crippen MR) is 71.8 cm³/mol. The SMILES string of the molecule is O=C(CCCOc1ccccc1F)Nc1ncccn1. The molecule has 0 aliphatic heterocycles. The van der Waals surface area contributed by atoms with Gasteiger partial charge in [-0.2, -0.15) is 0 Å². The Hall–Kier alpha value is -2.50. The number of amides is 1. The normalized spacial score (nSPS) is 10.1. The fraction of sp³-hybridized carbons (Fsp3) is 0.214. The van der Waals surface area contributed by atoms with Crippen LogP contribution in [-0.4, -0.2) is 22.5 Å². The number of benzene rings is 1. The van der Waals surface area contributed by atoms with Crippen molar-refractivity contribution >= 4 is 11.9 Å². The smallest absolute Gasteiger partial charge is 0.229 e. The van der Waals surface area contributed by atoms with Gasteiger partial charge in [-0.3, -0.25) is 10.1 Å². The van der Waals surface area contributed by atoms with Gasteiger partial charge in [-0.1, -0.05) is 12.1 Å². The zero-order valence-electron chi connectivity index (χ0n) is 10.8. The molecule has 2 rings (SSSR count). The molecule has 5 nitrogen and oxygen atoms in total. The monoisotopic (exact) mass is 275 g/mol. The fourth-order valence-corrected chi connectivity index (χ4v) is 1.53. The van der Waals surface area contributed by atoms with E-state index in [4.69, 9.17) is 4.74 Å². The molecule has 0 aliphatic rings. The minimum absolute atomic E-state index is 0.194. The van der Waals surface area contributed by atoms with Gasteiger partial charge < -0.3 is 4.74 Å². The van der Waals surface area contributed by atoms with Crippen molar-refractivity contribution in [2.75, 3.05) is 11.9 Å². The summed E-state index contributed by atoms with van der Waals surface area (Å²) in [6.45, 7) is 0.268. The van der Waals surface area contributed by atoms with E-state index in [1.165, 1.54) is 6.07 Å². The van der Waals surface area contributed by atoms with Gasteiger partial charge >= 0.3 is 0 Å². The van der Waals surface area contributed by atoms with Gasteiger partial charge in [-0.05, 0) is 24.6 Å². The first-order chi connectivity index (χ1) is 9.75. The molecule has 104 valence electrons. The highest BCUT2D eigenvalue weighted by molar-refractivity contribution is 5.88. The summed E-state index contributed by atoms with van der Waals surface area (Å²) in [4.78, 5) is 19.3. The average Bonchev–Trinajstić information content (AvgIpc) is 2.46. The second kappa shape index (κ2) is 7.18. The van der Waals surface area contributed by atoms with Crippen molar-refractivity contribution in [2.24, 2.45) is 0 Å². The lowest BCUT2D eigenvalue weighted by Crippen LogP contribution is -2.14. The van der Waals surface area contributed by atoms with E-state index < -0.39 is 5.82 Å². The first kappa shape index (κ1) is 13.9. The number of nitrogens with zero attached hydrogens (tertiary/aromatic N) is 2. The number of carbonyl (C=O) groups is 1. The molecule has 20 heavy (non-hydrogen) atoms. The molecule has 1 heterocycles. The molecule has 0 bridgehead atoms. The van der Waals surface area contributed by atoms with Crippen LogP contribution in [0.3, 0.4) is 0 Å². The topological polar surface area (TPSA) is 64.1 Å². The van der Waals surface area contributed by atoms with Crippen molar-refractivity contribution in [3.05, 3.63) is 48.5 Å². The number of aromatic nitrogens is 2. The molecule has 0 radical (unpaired) electrons. The number of anilines is 1. The zero-order chi connectivity index (χ0) is 14.2. The van der Waals surface area contributed by atoms with Gasteiger partial charge in [-0.15, -0.1) is 0 Å². The predicted octanol–water partition coefficient (Wildman–Crippen LogP) is 2.41. The van der Waals surface area contributed by atoms with Crippen LogP contribution in [0.25, 0.3) is 0 Å². The van der Waals surface area contributed by atoms with E-state index in [1.807, 2.05) is 0 Å². The van der Waals surface area contributed by atoms with Crippen LogP contribution < -0.4 is 10.1 Å². The summed E-state index contributed by atoms with van der Waals surface area (Å²) in [6, 6.07) is 7.83. The van der Waals surface area contributed by atoms with E-state index in [0.717, 1.165) is 0 Å². The van der Waals surface area contributed by atoms with Crippen LogP contribution in [0, 0.1) is 5.82 Å². The molecule has 1 N–H and O–H groups in total. The minimum atomic E-state index is -0.408. The van der Waals surface area contributed by atoms with Gasteiger partial charge in [0.15, 0.2) is 11.6 Å². The number of para-hydroxylation sites is 1. The van der Waals surface area contributed by atoms with Crippen LogP contribution in [0.15, 0.2) is 42.7 Å². The number of ether oxygens (including phenoxy) is 1. The maximum atomic E-state index is 13.2. The van der Waals surface area contributed by atoms with Crippen LogP contribution in [-0.2, 0) is 4.79 Å². The molecular formula is C14H14FN3O2. The number of nitrogens with one attached hydrogen (secondary N) is 1. The Labute approximate surface area is 115 Å². The molecular weight excluding hydrogens is 261 g/mol. The molecule has 0 saturated heterocycles. The number of halogens is 1. The maximum Gasteiger partial charge on any atom is 0.229 e. The van der Waals surface area contributed by atoms with Crippen LogP contribution in [0.2, 0.25) is 0 Å². The largest absolute Gasteiger partial charge is 0.491 e. The third kappa shape index (κ3) is 4.31. The molecule has 1 aromatic heterocycles. The third-order valence-electron chi connectivity index (χ3n) is 2.46. The molecule has 0 aliphatic carbocycles. The lowest BCUT2D eigenvalue weighted by molar-refractivity contribution is -0.116. The Morgan fingerprint density at radius 1 is 1.20 bits per heavy atom. The first-order valence-corrected chi connectivity index (χ1v) is 6.20. The molecule has 6 heteroatoms. The molecule has 0 atom stereocenters. The van der Waals surface area contributed by atoms with E-state index >= 15 is 0 Å². The van der Waals surface area contributed by atoms with Crippen molar-refractivity contribution in [3.8, 4) is 5.75 Å². The van der Waals surface area contributed by atoms with Crippen LogP contribution in [0.5, 0.6) is 5.75 Å². The molecule has 1 amide bonds. The average molecular weight is 275 g/mol. The van der Waals surface area contributed by atoms with Crippen molar-refractivity contribution in [3.63, 3.8) is 0 Å². The van der Waals surface area contributed by atoms with Crippen molar-refractivity contribution in [1.29, 1.82) is 0 Å². The van der Waals surface area contributed by atoms with E-state index in [1.54, 1.807) is 36.7 Å². The zero-order valence-corrected chi connectivity index (χ0v) is 10.8. The fourth-order valence-electron chi connectivity index (χ4n) is 1.53. The standard InChI is InChI=1S/C14H14FN3O2/c15-11-5-1-2-6-12(11)20-10-3-7-13(19)18-14-16-8-4-9-17-14/h1-2,4-6,8-9H,3,7,10H2,(H,16,17,18,19). The van der Waals surface area contributed by atoms with Crippen LogP contribution >= 0.6 is 0 Å². The lowest BCUT2D eigenvalue weighted by Gasteiger charge is -2.06. The van der Waals surface area contributed by atoms with Crippen LogP contribution in [0.4, 0.5) is 10.3 Å². The quantitative estimate of drug-likeness (QED) is 0.822. The highest BCUT2D eigenvalue weighted by atomic mass is 19.1.